The smallest absolute Gasteiger partial charge is 0.420 e. The Morgan fingerprint density at radius 1 is 1.15 bits per heavy atom. The van der Waals surface area contributed by atoms with Crippen LogP contribution in [-0.2, 0) is 6.18 Å². The Hall–Kier alpha value is -3.33. The van der Waals surface area contributed by atoms with Crippen molar-refractivity contribution in [2.45, 2.75) is 31.5 Å². The highest BCUT2D eigenvalue weighted by Gasteiger charge is 2.38. The zero-order valence-corrected chi connectivity index (χ0v) is 18.4. The summed E-state index contributed by atoms with van der Waals surface area (Å²) in [6, 6.07) is 8.06. The van der Waals surface area contributed by atoms with Crippen molar-refractivity contribution in [2.75, 3.05) is 6.54 Å². The maximum Gasteiger partial charge on any atom is 0.420 e. The summed E-state index contributed by atoms with van der Waals surface area (Å²) in [5.74, 6) is -1.09. The first-order valence-electron chi connectivity index (χ1n) is 10.6. The second-order valence-electron chi connectivity index (χ2n) is 8.13. The molecule has 1 aliphatic rings. The van der Waals surface area contributed by atoms with Crippen molar-refractivity contribution in [3.63, 3.8) is 0 Å². The predicted octanol–water partition coefficient (Wildman–Crippen LogP) is 6.77. The van der Waals surface area contributed by atoms with Gasteiger partial charge in [-0.25, -0.2) is 9.37 Å². The molecule has 1 aliphatic heterocycles. The third-order valence-electron chi connectivity index (χ3n) is 6.05. The molecule has 1 atom stereocenters. The van der Waals surface area contributed by atoms with Crippen LogP contribution in [0.15, 0.2) is 59.5 Å². The van der Waals surface area contributed by atoms with Crippen molar-refractivity contribution >= 4 is 23.2 Å². The standard InChI is InChI=1S/C24H18ClF4N3O2/c25-21-20(23(33)31-9-4-3-7-19(31)16-5-1-2-6-18(16)26)30-22-17(24(27,28)29)11-15(12-32(21)22)14-8-10-34-13-14/h1-2,5-6,8,10-13,19H,3-4,7,9H2. The van der Waals surface area contributed by atoms with Crippen molar-refractivity contribution < 1.29 is 26.8 Å². The zero-order chi connectivity index (χ0) is 24.0. The molecule has 34 heavy (non-hydrogen) atoms. The molecule has 1 unspecified atom stereocenters. The van der Waals surface area contributed by atoms with Gasteiger partial charge in [0.05, 0.1) is 24.1 Å². The highest BCUT2D eigenvalue weighted by molar-refractivity contribution is 6.33. The number of piperidine rings is 1. The van der Waals surface area contributed by atoms with Crippen LogP contribution in [0.3, 0.4) is 0 Å². The van der Waals surface area contributed by atoms with Crippen LogP contribution in [-0.4, -0.2) is 26.7 Å². The number of rotatable bonds is 3. The summed E-state index contributed by atoms with van der Waals surface area (Å²) in [6.45, 7) is 0.314. The lowest BCUT2D eigenvalue weighted by atomic mass is 9.94. The summed E-state index contributed by atoms with van der Waals surface area (Å²) >= 11 is 6.44. The number of halogens is 5. The van der Waals surface area contributed by atoms with Gasteiger partial charge in [0.25, 0.3) is 5.91 Å². The number of furan rings is 1. The summed E-state index contributed by atoms with van der Waals surface area (Å²) in [6.07, 6.45) is 1.29. The molecule has 5 rings (SSSR count). The quantitative estimate of drug-likeness (QED) is 0.297. The Labute approximate surface area is 196 Å². The van der Waals surface area contributed by atoms with E-state index in [0.29, 0.717) is 30.5 Å². The number of fused-ring (bicyclic) bond motifs is 1. The Bertz CT molecular complexity index is 1360. The average molecular weight is 492 g/mol. The van der Waals surface area contributed by atoms with E-state index in [-0.39, 0.29) is 16.4 Å². The average Bonchev–Trinajstić information content (AvgIpc) is 3.46. The number of hydrogen-bond acceptors (Lipinski definition) is 3. The minimum absolute atomic E-state index is 0.203. The van der Waals surface area contributed by atoms with E-state index in [0.717, 1.165) is 16.9 Å². The predicted molar refractivity (Wildman–Crippen MR) is 117 cm³/mol. The van der Waals surface area contributed by atoms with Gasteiger partial charge in [0.15, 0.2) is 11.3 Å². The Morgan fingerprint density at radius 2 is 1.94 bits per heavy atom. The molecule has 0 N–H and O–H groups in total. The Morgan fingerprint density at radius 3 is 2.65 bits per heavy atom. The molecule has 0 bridgehead atoms. The van der Waals surface area contributed by atoms with Gasteiger partial charge in [0.2, 0.25) is 0 Å². The highest BCUT2D eigenvalue weighted by atomic mass is 35.5. The lowest BCUT2D eigenvalue weighted by Gasteiger charge is -2.35. The van der Waals surface area contributed by atoms with Gasteiger partial charge in [-0.1, -0.05) is 29.8 Å². The number of carbonyl (C=O) groups excluding carboxylic acids is 1. The van der Waals surface area contributed by atoms with Crippen molar-refractivity contribution in [1.82, 2.24) is 14.3 Å². The van der Waals surface area contributed by atoms with Crippen molar-refractivity contribution in [3.05, 3.63) is 82.9 Å². The van der Waals surface area contributed by atoms with Gasteiger partial charge in [0.1, 0.15) is 11.0 Å². The van der Waals surface area contributed by atoms with Crippen LogP contribution in [0.4, 0.5) is 17.6 Å². The summed E-state index contributed by atoms with van der Waals surface area (Å²) in [5.41, 5.74) is -0.841. The molecule has 4 heterocycles. The van der Waals surface area contributed by atoms with E-state index in [1.165, 1.54) is 35.8 Å². The maximum absolute atomic E-state index is 14.5. The second kappa shape index (κ2) is 8.47. The lowest BCUT2D eigenvalue weighted by Crippen LogP contribution is -2.39. The van der Waals surface area contributed by atoms with Crippen LogP contribution in [0.1, 0.15) is 46.9 Å². The van der Waals surface area contributed by atoms with Gasteiger partial charge in [0, 0.05) is 29.4 Å². The van der Waals surface area contributed by atoms with Gasteiger partial charge in [-0.2, -0.15) is 13.2 Å². The van der Waals surface area contributed by atoms with Gasteiger partial charge < -0.3 is 9.32 Å². The first kappa shape index (κ1) is 22.5. The molecule has 3 aromatic heterocycles. The van der Waals surface area contributed by atoms with E-state index in [1.807, 2.05) is 0 Å². The number of amides is 1. The number of pyridine rings is 1. The van der Waals surface area contributed by atoms with Crippen LogP contribution in [0.25, 0.3) is 16.8 Å². The minimum atomic E-state index is -4.74. The first-order chi connectivity index (χ1) is 16.3. The largest absolute Gasteiger partial charge is 0.472 e. The lowest BCUT2D eigenvalue weighted by molar-refractivity contribution is -0.136. The molecular weight excluding hydrogens is 474 g/mol. The molecule has 0 aliphatic carbocycles. The fourth-order valence-corrected chi connectivity index (χ4v) is 4.68. The zero-order valence-electron chi connectivity index (χ0n) is 17.6. The van der Waals surface area contributed by atoms with Crippen LogP contribution in [0, 0.1) is 5.82 Å². The molecule has 5 nitrogen and oxygen atoms in total. The number of likely N-dealkylation sites (tertiary alicyclic amines) is 1. The maximum atomic E-state index is 14.5. The second-order valence-corrected chi connectivity index (χ2v) is 8.49. The molecule has 0 spiro atoms. The number of alkyl halides is 3. The summed E-state index contributed by atoms with van der Waals surface area (Å²) in [4.78, 5) is 19.0. The summed E-state index contributed by atoms with van der Waals surface area (Å²) < 4.78 is 62.3. The van der Waals surface area contributed by atoms with E-state index in [2.05, 4.69) is 4.98 Å². The Balaban J connectivity index is 1.63. The van der Waals surface area contributed by atoms with Crippen LogP contribution >= 0.6 is 11.6 Å². The van der Waals surface area contributed by atoms with Gasteiger partial charge in [-0.05, 0) is 37.5 Å². The normalized spacial score (nSPS) is 16.9. The van der Waals surface area contributed by atoms with Crippen molar-refractivity contribution in [3.8, 4) is 11.1 Å². The van der Waals surface area contributed by atoms with Crippen molar-refractivity contribution in [2.24, 2.45) is 0 Å². The van der Waals surface area contributed by atoms with Crippen molar-refractivity contribution in [1.29, 1.82) is 0 Å². The summed E-state index contributed by atoms with van der Waals surface area (Å²) in [5, 5.41) is -0.242. The molecule has 1 aromatic carbocycles. The van der Waals surface area contributed by atoms with Gasteiger partial charge >= 0.3 is 6.18 Å². The summed E-state index contributed by atoms with van der Waals surface area (Å²) in [7, 11) is 0. The number of hydrogen-bond donors (Lipinski definition) is 0. The minimum Gasteiger partial charge on any atom is -0.472 e. The van der Waals surface area contributed by atoms with E-state index in [9.17, 15) is 22.4 Å². The number of imidazole rings is 1. The van der Waals surface area contributed by atoms with Gasteiger partial charge in [-0.15, -0.1) is 0 Å². The van der Waals surface area contributed by atoms with E-state index < -0.39 is 35.2 Å². The number of carbonyl (C=O) groups is 1. The topological polar surface area (TPSA) is 50.8 Å². The number of nitrogens with zero attached hydrogens (tertiary/aromatic N) is 3. The van der Waals surface area contributed by atoms with Gasteiger partial charge in [-0.3, -0.25) is 9.20 Å². The molecule has 10 heteroatoms. The number of benzene rings is 1. The van der Waals surface area contributed by atoms with E-state index in [1.54, 1.807) is 18.2 Å². The van der Waals surface area contributed by atoms with E-state index >= 15 is 0 Å². The highest BCUT2D eigenvalue weighted by Crippen LogP contribution is 2.39. The molecule has 0 radical (unpaired) electrons. The first-order valence-corrected chi connectivity index (χ1v) is 11.0. The molecule has 4 aromatic rings. The monoisotopic (exact) mass is 491 g/mol. The van der Waals surface area contributed by atoms with Crippen LogP contribution < -0.4 is 0 Å². The molecular formula is C24H18ClF4N3O2. The molecule has 1 amide bonds. The third kappa shape index (κ3) is 3.83. The molecule has 1 saturated heterocycles. The fourth-order valence-electron chi connectivity index (χ4n) is 4.43. The number of aromatic nitrogens is 2. The van der Waals surface area contributed by atoms with E-state index in [4.69, 9.17) is 16.0 Å². The molecule has 176 valence electrons. The van der Waals surface area contributed by atoms with Crippen LogP contribution in [0.5, 0.6) is 0 Å². The molecule has 0 saturated carbocycles. The SMILES string of the molecule is O=C(c1nc2c(C(F)(F)F)cc(-c3ccoc3)cn2c1Cl)N1CCCCC1c1ccccc1F. The fraction of sp³-hybridized carbons (Fsp3) is 0.250. The molecule has 1 fully saturated rings. The third-order valence-corrected chi connectivity index (χ3v) is 6.41. The Kier molecular flexibility index (Phi) is 5.59. The van der Waals surface area contributed by atoms with Crippen LogP contribution in [0.2, 0.25) is 5.15 Å².